The number of hydrogen-bond donors (Lipinski definition) is 1. The molecule has 4 aromatic rings. The number of fused-ring (bicyclic) bond motifs is 1. The first-order valence-corrected chi connectivity index (χ1v) is 10.0. The molecule has 1 heterocycles. The summed E-state index contributed by atoms with van der Waals surface area (Å²) in [6.07, 6.45) is 0. The van der Waals surface area contributed by atoms with Gasteiger partial charge in [-0.1, -0.05) is 57.9 Å². The fraction of sp³-hybridized carbons (Fsp3) is 0.0909. The van der Waals surface area contributed by atoms with Crippen molar-refractivity contribution >= 4 is 44.5 Å². The molecule has 4 rings (SSSR count). The Morgan fingerprint density at radius 1 is 1.00 bits per heavy atom. The van der Waals surface area contributed by atoms with E-state index in [0.717, 1.165) is 26.9 Å². The van der Waals surface area contributed by atoms with Crippen LogP contribution in [0, 0.1) is 0 Å². The molecule has 0 aliphatic heterocycles. The van der Waals surface area contributed by atoms with E-state index in [-0.39, 0.29) is 5.91 Å². The third-order valence-electron chi connectivity index (χ3n) is 4.53. The van der Waals surface area contributed by atoms with Crippen molar-refractivity contribution in [2.75, 3.05) is 0 Å². The van der Waals surface area contributed by atoms with Gasteiger partial charge in [0, 0.05) is 15.1 Å². The lowest BCUT2D eigenvalue weighted by Crippen LogP contribution is -2.24. The molecule has 0 spiro atoms. The van der Waals surface area contributed by atoms with E-state index in [0.29, 0.717) is 23.7 Å². The number of amides is 1. The van der Waals surface area contributed by atoms with Crippen LogP contribution < -0.4 is 5.32 Å². The fourth-order valence-corrected chi connectivity index (χ4v) is 3.56. The lowest BCUT2D eigenvalue weighted by Gasteiger charge is -2.11. The zero-order valence-corrected chi connectivity index (χ0v) is 17.2. The Balaban J connectivity index is 1.62. The van der Waals surface area contributed by atoms with Gasteiger partial charge in [0.2, 0.25) is 0 Å². The summed E-state index contributed by atoms with van der Waals surface area (Å²) in [5.74, 6) is 0.649. The van der Waals surface area contributed by atoms with Gasteiger partial charge < -0.3 is 9.88 Å². The van der Waals surface area contributed by atoms with Gasteiger partial charge in [-0.05, 0) is 48.0 Å². The summed E-state index contributed by atoms with van der Waals surface area (Å²) in [6.45, 7) is 0.914. The highest BCUT2D eigenvalue weighted by atomic mass is 79.9. The van der Waals surface area contributed by atoms with Gasteiger partial charge in [-0.15, -0.1) is 0 Å². The molecule has 6 heteroatoms. The lowest BCUT2D eigenvalue weighted by atomic mass is 10.2. The number of carbonyl (C=O) groups excluding carboxylic acids is 1. The van der Waals surface area contributed by atoms with Crippen LogP contribution in [0.15, 0.2) is 77.3 Å². The van der Waals surface area contributed by atoms with E-state index in [4.69, 9.17) is 16.6 Å². The monoisotopic (exact) mass is 453 g/mol. The summed E-state index contributed by atoms with van der Waals surface area (Å²) < 4.78 is 3.03. The van der Waals surface area contributed by atoms with E-state index in [9.17, 15) is 4.79 Å². The second kappa shape index (κ2) is 8.17. The number of benzene rings is 3. The van der Waals surface area contributed by atoms with Gasteiger partial charge in [-0.3, -0.25) is 4.79 Å². The van der Waals surface area contributed by atoms with Gasteiger partial charge in [-0.25, -0.2) is 4.98 Å². The molecule has 0 atom stereocenters. The SMILES string of the molecule is O=C(NCc1nc2ccccc2n1Cc1ccccc1Cl)c1ccc(Br)cc1. The number of halogens is 2. The number of carbonyl (C=O) groups is 1. The third-order valence-corrected chi connectivity index (χ3v) is 5.43. The van der Waals surface area contributed by atoms with Crippen molar-refractivity contribution in [1.82, 2.24) is 14.9 Å². The first kappa shape index (κ1) is 18.7. The van der Waals surface area contributed by atoms with Crippen LogP contribution in [0.3, 0.4) is 0 Å². The molecule has 1 amide bonds. The molecule has 0 unspecified atom stereocenters. The molecule has 140 valence electrons. The van der Waals surface area contributed by atoms with Crippen LogP contribution in [0.1, 0.15) is 21.7 Å². The molecule has 0 saturated carbocycles. The molecule has 0 aliphatic carbocycles. The van der Waals surface area contributed by atoms with Crippen LogP contribution in [-0.2, 0) is 13.1 Å². The van der Waals surface area contributed by atoms with Crippen molar-refractivity contribution in [2.24, 2.45) is 0 Å². The second-order valence-electron chi connectivity index (χ2n) is 6.38. The molecule has 28 heavy (non-hydrogen) atoms. The van der Waals surface area contributed by atoms with Crippen LogP contribution in [0.5, 0.6) is 0 Å². The number of nitrogens with one attached hydrogen (secondary N) is 1. The molecule has 1 N–H and O–H groups in total. The zero-order valence-electron chi connectivity index (χ0n) is 14.9. The largest absolute Gasteiger partial charge is 0.345 e. The molecule has 1 aromatic heterocycles. The minimum atomic E-state index is -0.135. The molecule has 3 aromatic carbocycles. The Morgan fingerprint density at radius 2 is 1.71 bits per heavy atom. The maximum Gasteiger partial charge on any atom is 0.251 e. The van der Waals surface area contributed by atoms with Crippen molar-refractivity contribution in [3.8, 4) is 0 Å². The summed E-state index contributed by atoms with van der Waals surface area (Å²) >= 11 is 9.74. The van der Waals surface area contributed by atoms with E-state index >= 15 is 0 Å². The molecule has 0 fully saturated rings. The number of aromatic nitrogens is 2. The summed E-state index contributed by atoms with van der Waals surface area (Å²) in [4.78, 5) is 17.2. The van der Waals surface area contributed by atoms with Gasteiger partial charge in [0.05, 0.1) is 24.1 Å². The number of rotatable bonds is 5. The quantitative estimate of drug-likeness (QED) is 0.437. The molecule has 4 nitrogen and oxygen atoms in total. The molecule has 0 aliphatic rings. The predicted molar refractivity (Wildman–Crippen MR) is 116 cm³/mol. The highest BCUT2D eigenvalue weighted by molar-refractivity contribution is 9.10. The number of imidazole rings is 1. The molecular formula is C22H17BrClN3O. The van der Waals surface area contributed by atoms with Gasteiger partial charge in [0.25, 0.3) is 5.91 Å². The summed E-state index contributed by atoms with van der Waals surface area (Å²) in [5, 5.41) is 3.68. The van der Waals surface area contributed by atoms with Gasteiger partial charge >= 0.3 is 0 Å². The van der Waals surface area contributed by atoms with Crippen molar-refractivity contribution in [2.45, 2.75) is 13.1 Å². The van der Waals surface area contributed by atoms with E-state index in [1.807, 2.05) is 60.7 Å². The third kappa shape index (κ3) is 3.96. The van der Waals surface area contributed by atoms with Gasteiger partial charge in [0.1, 0.15) is 5.82 Å². The zero-order chi connectivity index (χ0) is 19.5. The molecule has 0 bridgehead atoms. The summed E-state index contributed by atoms with van der Waals surface area (Å²) in [7, 11) is 0. The van der Waals surface area contributed by atoms with Crippen molar-refractivity contribution < 1.29 is 4.79 Å². The Hall–Kier alpha value is -2.63. The number of nitrogens with zero attached hydrogens (tertiary/aromatic N) is 2. The smallest absolute Gasteiger partial charge is 0.251 e. The van der Waals surface area contributed by atoms with Crippen molar-refractivity contribution in [1.29, 1.82) is 0 Å². The first-order chi connectivity index (χ1) is 13.6. The van der Waals surface area contributed by atoms with Crippen LogP contribution in [0.4, 0.5) is 0 Å². The Kier molecular flexibility index (Phi) is 5.46. The van der Waals surface area contributed by atoms with E-state index in [1.165, 1.54) is 0 Å². The maximum atomic E-state index is 12.5. The standard InChI is InChI=1S/C22H17BrClN3O/c23-17-11-9-15(10-12-17)22(28)25-13-21-26-19-7-3-4-8-20(19)27(21)14-16-5-1-2-6-18(16)24/h1-12H,13-14H2,(H,25,28). The van der Waals surface area contributed by atoms with Crippen molar-refractivity contribution in [3.05, 3.63) is 99.2 Å². The molecular weight excluding hydrogens is 438 g/mol. The van der Waals surface area contributed by atoms with Crippen molar-refractivity contribution in [3.63, 3.8) is 0 Å². The predicted octanol–water partition coefficient (Wildman–Crippen LogP) is 5.43. The minimum Gasteiger partial charge on any atom is -0.345 e. The van der Waals surface area contributed by atoms with Crippen LogP contribution >= 0.6 is 27.5 Å². The highest BCUT2D eigenvalue weighted by Crippen LogP contribution is 2.22. The topological polar surface area (TPSA) is 46.9 Å². The molecule has 0 saturated heterocycles. The fourth-order valence-electron chi connectivity index (χ4n) is 3.10. The number of hydrogen-bond acceptors (Lipinski definition) is 2. The van der Waals surface area contributed by atoms with E-state index < -0.39 is 0 Å². The van der Waals surface area contributed by atoms with E-state index in [2.05, 4.69) is 25.8 Å². The number of para-hydroxylation sites is 2. The summed E-state index contributed by atoms with van der Waals surface area (Å²) in [5.41, 5.74) is 3.52. The lowest BCUT2D eigenvalue weighted by molar-refractivity contribution is 0.0949. The first-order valence-electron chi connectivity index (χ1n) is 8.83. The Bertz CT molecular complexity index is 1140. The van der Waals surface area contributed by atoms with Crippen LogP contribution in [-0.4, -0.2) is 15.5 Å². The van der Waals surface area contributed by atoms with Crippen LogP contribution in [0.25, 0.3) is 11.0 Å². The second-order valence-corrected chi connectivity index (χ2v) is 7.71. The summed E-state index contributed by atoms with van der Waals surface area (Å²) in [6, 6.07) is 23.0. The maximum absolute atomic E-state index is 12.5. The Labute approximate surface area is 176 Å². The van der Waals surface area contributed by atoms with Gasteiger partial charge in [0.15, 0.2) is 0 Å². The van der Waals surface area contributed by atoms with E-state index in [1.54, 1.807) is 12.1 Å². The minimum absolute atomic E-state index is 0.135. The Morgan fingerprint density at radius 3 is 2.50 bits per heavy atom. The average Bonchev–Trinajstić information content (AvgIpc) is 3.06. The average molecular weight is 455 g/mol. The highest BCUT2D eigenvalue weighted by Gasteiger charge is 2.13. The molecule has 0 radical (unpaired) electrons. The normalized spacial score (nSPS) is 10.9. The van der Waals surface area contributed by atoms with Gasteiger partial charge in [-0.2, -0.15) is 0 Å². The van der Waals surface area contributed by atoms with Crippen LogP contribution in [0.2, 0.25) is 5.02 Å².